The maximum Gasteiger partial charge on any atom is 0.410 e. The fraction of sp³-hybridized carbons (Fsp3) is 0.923. The topological polar surface area (TPSA) is 49.8 Å². The monoisotopic (exact) mass is 277 g/mol. The van der Waals surface area contributed by atoms with Gasteiger partial charge in [-0.15, -0.1) is 0 Å². The predicted molar refractivity (Wildman–Crippen MR) is 65.0 cm³/mol. The Labute approximate surface area is 111 Å². The number of nitrogens with zero attached hydrogens (tertiary/aromatic N) is 1. The van der Waals surface area contributed by atoms with Crippen LogP contribution in [-0.4, -0.2) is 46.8 Å². The SMILES string of the molecule is CC(C)(C)OC(=O)N1CC2(CCC(O)C(F)(F)C2)C1. The lowest BCUT2D eigenvalue weighted by Gasteiger charge is -2.54. The number of carbonyl (C=O) groups is 1. The molecule has 1 saturated carbocycles. The summed E-state index contributed by atoms with van der Waals surface area (Å²) in [6.45, 7) is 5.90. The average Bonchev–Trinajstić information content (AvgIpc) is 2.16. The molecule has 1 aliphatic heterocycles. The van der Waals surface area contributed by atoms with Gasteiger partial charge in [-0.1, -0.05) is 0 Å². The highest BCUT2D eigenvalue weighted by atomic mass is 19.3. The first-order valence-corrected chi connectivity index (χ1v) is 6.57. The molecule has 0 aromatic carbocycles. The Bertz CT molecular complexity index is 373. The second-order valence-electron chi connectivity index (χ2n) is 6.83. The Morgan fingerprint density at radius 1 is 1.37 bits per heavy atom. The second-order valence-corrected chi connectivity index (χ2v) is 6.83. The molecule has 6 heteroatoms. The molecule has 0 aromatic rings. The highest BCUT2D eigenvalue weighted by Gasteiger charge is 2.57. The molecule has 0 aromatic heterocycles. The van der Waals surface area contributed by atoms with Crippen molar-refractivity contribution in [2.45, 2.75) is 57.7 Å². The van der Waals surface area contributed by atoms with E-state index in [1.54, 1.807) is 20.8 Å². The minimum Gasteiger partial charge on any atom is -0.444 e. The fourth-order valence-electron chi connectivity index (χ4n) is 2.85. The van der Waals surface area contributed by atoms with E-state index in [-0.39, 0.29) is 12.8 Å². The zero-order valence-corrected chi connectivity index (χ0v) is 11.6. The van der Waals surface area contributed by atoms with Crippen molar-refractivity contribution in [3.8, 4) is 0 Å². The van der Waals surface area contributed by atoms with Crippen molar-refractivity contribution in [1.29, 1.82) is 0 Å². The molecule has 0 radical (unpaired) electrons. The number of rotatable bonds is 0. The van der Waals surface area contributed by atoms with E-state index in [9.17, 15) is 18.7 Å². The Morgan fingerprint density at radius 3 is 2.42 bits per heavy atom. The zero-order valence-electron chi connectivity index (χ0n) is 11.6. The molecule has 2 aliphatic rings. The smallest absolute Gasteiger partial charge is 0.410 e. The van der Waals surface area contributed by atoms with Crippen molar-refractivity contribution in [3.63, 3.8) is 0 Å². The summed E-state index contributed by atoms with van der Waals surface area (Å²) in [7, 11) is 0. The first-order valence-electron chi connectivity index (χ1n) is 6.57. The summed E-state index contributed by atoms with van der Waals surface area (Å²) in [5, 5.41) is 9.26. The molecule has 1 atom stereocenters. The number of alkyl halides is 2. The van der Waals surface area contributed by atoms with Gasteiger partial charge >= 0.3 is 6.09 Å². The highest BCUT2D eigenvalue weighted by Crippen LogP contribution is 2.49. The molecule has 1 saturated heterocycles. The van der Waals surface area contributed by atoms with Crippen LogP contribution >= 0.6 is 0 Å². The van der Waals surface area contributed by atoms with Gasteiger partial charge in [-0.25, -0.2) is 13.6 Å². The van der Waals surface area contributed by atoms with Crippen molar-refractivity contribution in [3.05, 3.63) is 0 Å². The van der Waals surface area contributed by atoms with Crippen LogP contribution in [0.1, 0.15) is 40.0 Å². The van der Waals surface area contributed by atoms with Gasteiger partial charge in [0.25, 0.3) is 5.92 Å². The molecule has 4 nitrogen and oxygen atoms in total. The van der Waals surface area contributed by atoms with Gasteiger partial charge < -0.3 is 14.7 Å². The van der Waals surface area contributed by atoms with Gasteiger partial charge in [0.2, 0.25) is 0 Å². The maximum atomic E-state index is 13.5. The number of carbonyl (C=O) groups excluding carboxylic acids is 1. The van der Waals surface area contributed by atoms with Crippen LogP contribution in [-0.2, 0) is 4.74 Å². The summed E-state index contributed by atoms with van der Waals surface area (Å²) >= 11 is 0. The van der Waals surface area contributed by atoms with Gasteiger partial charge in [0, 0.05) is 24.9 Å². The molecular weight excluding hydrogens is 256 g/mol. The molecule has 1 amide bonds. The summed E-state index contributed by atoms with van der Waals surface area (Å²) in [5.74, 6) is -3.04. The fourth-order valence-corrected chi connectivity index (χ4v) is 2.85. The molecule has 2 rings (SSSR count). The van der Waals surface area contributed by atoms with Crippen molar-refractivity contribution < 1.29 is 23.4 Å². The first-order chi connectivity index (χ1) is 8.53. The van der Waals surface area contributed by atoms with E-state index in [0.717, 1.165) is 0 Å². The van der Waals surface area contributed by atoms with Gasteiger partial charge in [0.1, 0.15) is 11.7 Å². The minimum atomic E-state index is -3.04. The summed E-state index contributed by atoms with van der Waals surface area (Å²) < 4.78 is 32.3. The summed E-state index contributed by atoms with van der Waals surface area (Å²) in [4.78, 5) is 13.2. The standard InChI is InChI=1S/C13H21F2NO3/c1-11(2,3)19-10(18)16-7-12(8-16)5-4-9(17)13(14,15)6-12/h9,17H,4-8H2,1-3H3. The van der Waals surface area contributed by atoms with Gasteiger partial charge in [0.05, 0.1) is 0 Å². The summed E-state index contributed by atoms with van der Waals surface area (Å²) in [6, 6.07) is 0. The number of hydrogen-bond donors (Lipinski definition) is 1. The van der Waals surface area contributed by atoms with Crippen molar-refractivity contribution in [1.82, 2.24) is 4.90 Å². The first kappa shape index (κ1) is 14.5. The third kappa shape index (κ3) is 2.99. The molecule has 2 fully saturated rings. The minimum absolute atomic E-state index is 0.0924. The molecule has 0 bridgehead atoms. The third-order valence-electron chi connectivity index (χ3n) is 3.75. The number of hydrogen-bond acceptors (Lipinski definition) is 3. The van der Waals surface area contributed by atoms with Crippen molar-refractivity contribution in [2.75, 3.05) is 13.1 Å². The lowest BCUT2D eigenvalue weighted by Crippen LogP contribution is -2.63. The van der Waals surface area contributed by atoms with Gasteiger partial charge in [-0.05, 0) is 33.6 Å². The van der Waals surface area contributed by atoms with Gasteiger partial charge in [-0.2, -0.15) is 0 Å². The summed E-state index contributed by atoms with van der Waals surface area (Å²) in [5.41, 5.74) is -1.12. The lowest BCUT2D eigenvalue weighted by molar-refractivity contribution is -0.188. The van der Waals surface area contributed by atoms with Crippen molar-refractivity contribution in [2.24, 2.45) is 5.41 Å². The van der Waals surface area contributed by atoms with Crippen LogP contribution in [0, 0.1) is 5.41 Å². The number of halogens is 2. The van der Waals surface area contributed by atoms with Gasteiger partial charge in [-0.3, -0.25) is 0 Å². The number of amides is 1. The average molecular weight is 277 g/mol. The summed E-state index contributed by atoms with van der Waals surface area (Å²) in [6.07, 6.45) is -1.72. The zero-order chi connectivity index (χ0) is 14.5. The molecule has 1 unspecified atom stereocenters. The van der Waals surface area contributed by atoms with E-state index in [0.29, 0.717) is 19.5 Å². The molecule has 1 N–H and O–H groups in total. The van der Waals surface area contributed by atoms with Crippen LogP contribution in [0.2, 0.25) is 0 Å². The lowest BCUT2D eigenvalue weighted by atomic mass is 9.66. The van der Waals surface area contributed by atoms with E-state index in [1.165, 1.54) is 4.90 Å². The van der Waals surface area contributed by atoms with Crippen LogP contribution in [0.3, 0.4) is 0 Å². The molecule has 1 spiro atoms. The quantitative estimate of drug-likeness (QED) is 0.739. The molecule has 1 heterocycles. The number of aliphatic hydroxyl groups excluding tert-OH is 1. The van der Waals surface area contributed by atoms with Crippen LogP contribution < -0.4 is 0 Å². The Hall–Kier alpha value is -0.910. The molecule has 110 valence electrons. The number of aliphatic hydroxyl groups is 1. The van der Waals surface area contributed by atoms with Crippen LogP contribution in [0.5, 0.6) is 0 Å². The molecule has 19 heavy (non-hydrogen) atoms. The van der Waals surface area contributed by atoms with Crippen molar-refractivity contribution >= 4 is 6.09 Å². The van der Waals surface area contributed by atoms with E-state index in [2.05, 4.69) is 0 Å². The molecule has 1 aliphatic carbocycles. The third-order valence-corrected chi connectivity index (χ3v) is 3.75. The Morgan fingerprint density at radius 2 is 1.95 bits per heavy atom. The van der Waals surface area contributed by atoms with Crippen LogP contribution in [0.15, 0.2) is 0 Å². The predicted octanol–water partition coefficient (Wildman–Crippen LogP) is 2.40. The van der Waals surface area contributed by atoms with E-state index < -0.39 is 29.1 Å². The molecular formula is C13H21F2NO3. The second kappa shape index (κ2) is 4.30. The van der Waals surface area contributed by atoms with E-state index in [4.69, 9.17) is 4.74 Å². The van der Waals surface area contributed by atoms with Crippen LogP contribution in [0.25, 0.3) is 0 Å². The highest BCUT2D eigenvalue weighted by molar-refractivity contribution is 5.69. The Kier molecular flexibility index (Phi) is 3.28. The normalized spacial score (nSPS) is 28.9. The number of likely N-dealkylation sites (tertiary alicyclic amines) is 1. The van der Waals surface area contributed by atoms with Crippen LogP contribution in [0.4, 0.5) is 13.6 Å². The maximum absolute atomic E-state index is 13.5. The van der Waals surface area contributed by atoms with E-state index in [1.807, 2.05) is 0 Å². The largest absolute Gasteiger partial charge is 0.444 e. The number of ether oxygens (including phenoxy) is 1. The Balaban J connectivity index is 1.90. The van der Waals surface area contributed by atoms with E-state index >= 15 is 0 Å². The van der Waals surface area contributed by atoms with Gasteiger partial charge in [0.15, 0.2) is 0 Å².